The minimum absolute atomic E-state index is 0.0179. The average molecular weight is 216 g/mol. The standard InChI is InChI=1S/C13H9FO2/c14-11-5-1-9(2-6-11)13(16)10-3-7-12(15)8-4-10/h1-7H,8H2. The monoisotopic (exact) mass is 216 g/mol. The molecule has 0 saturated heterocycles. The number of benzene rings is 1. The van der Waals surface area contributed by atoms with Crippen molar-refractivity contribution >= 4 is 11.6 Å². The molecule has 80 valence electrons. The van der Waals surface area contributed by atoms with Gasteiger partial charge < -0.3 is 0 Å². The first-order valence-electron chi connectivity index (χ1n) is 4.88. The third kappa shape index (κ3) is 2.14. The smallest absolute Gasteiger partial charge is 0.192 e. The Balaban J connectivity index is 2.23. The molecule has 3 heteroatoms. The lowest BCUT2D eigenvalue weighted by molar-refractivity contribution is -0.113. The van der Waals surface area contributed by atoms with E-state index in [1.807, 2.05) is 0 Å². The van der Waals surface area contributed by atoms with Crippen LogP contribution in [0.4, 0.5) is 4.39 Å². The van der Waals surface area contributed by atoms with Crippen LogP contribution in [0, 0.1) is 5.82 Å². The zero-order valence-electron chi connectivity index (χ0n) is 8.44. The van der Waals surface area contributed by atoms with Crippen molar-refractivity contribution in [2.24, 2.45) is 0 Å². The van der Waals surface area contributed by atoms with E-state index in [2.05, 4.69) is 0 Å². The summed E-state index contributed by atoms with van der Waals surface area (Å²) in [6.07, 6.45) is 4.72. The fourth-order valence-electron chi connectivity index (χ4n) is 1.47. The molecule has 0 heterocycles. The van der Waals surface area contributed by atoms with Crippen molar-refractivity contribution in [1.29, 1.82) is 0 Å². The normalized spacial score (nSPS) is 14.8. The maximum atomic E-state index is 12.7. The van der Waals surface area contributed by atoms with Crippen LogP contribution >= 0.6 is 0 Å². The number of allylic oxidation sites excluding steroid dienone is 4. The molecule has 0 fully saturated rings. The second kappa shape index (κ2) is 4.23. The Labute approximate surface area is 92.1 Å². The Morgan fingerprint density at radius 2 is 1.81 bits per heavy atom. The lowest BCUT2D eigenvalue weighted by Crippen LogP contribution is -2.06. The minimum atomic E-state index is -0.375. The van der Waals surface area contributed by atoms with Gasteiger partial charge in [0, 0.05) is 17.6 Å². The van der Waals surface area contributed by atoms with Crippen LogP contribution in [0.1, 0.15) is 16.8 Å². The number of hydrogen-bond donors (Lipinski definition) is 0. The van der Waals surface area contributed by atoms with Crippen LogP contribution in [0.5, 0.6) is 0 Å². The maximum absolute atomic E-state index is 12.7. The van der Waals surface area contributed by atoms with E-state index in [1.165, 1.54) is 36.4 Å². The molecule has 0 aromatic heterocycles. The number of carbonyl (C=O) groups excluding carboxylic acids is 2. The number of hydrogen-bond acceptors (Lipinski definition) is 2. The van der Waals surface area contributed by atoms with Gasteiger partial charge in [-0.3, -0.25) is 9.59 Å². The van der Waals surface area contributed by atoms with Gasteiger partial charge in [-0.15, -0.1) is 0 Å². The summed E-state index contributed by atoms with van der Waals surface area (Å²) in [6, 6.07) is 5.35. The molecule has 2 rings (SSSR count). The number of ketones is 2. The van der Waals surface area contributed by atoms with Crippen molar-refractivity contribution in [3.8, 4) is 0 Å². The summed E-state index contributed by atoms with van der Waals surface area (Å²) in [5, 5.41) is 0. The highest BCUT2D eigenvalue weighted by atomic mass is 19.1. The fraction of sp³-hybridized carbons (Fsp3) is 0.0769. The second-order valence-electron chi connectivity index (χ2n) is 3.50. The van der Waals surface area contributed by atoms with Crippen LogP contribution in [0.2, 0.25) is 0 Å². The van der Waals surface area contributed by atoms with Gasteiger partial charge in [-0.05, 0) is 36.4 Å². The molecule has 0 aliphatic heterocycles. The summed E-state index contributed by atoms with van der Waals surface area (Å²) in [6.45, 7) is 0. The number of Topliss-reactive ketones (excluding diaryl/α,β-unsaturated/α-hetero) is 1. The number of carbonyl (C=O) groups is 2. The van der Waals surface area contributed by atoms with Gasteiger partial charge >= 0.3 is 0 Å². The van der Waals surface area contributed by atoms with E-state index in [1.54, 1.807) is 6.08 Å². The molecule has 1 aromatic rings. The summed E-state index contributed by atoms with van der Waals surface area (Å²) in [7, 11) is 0. The predicted octanol–water partition coefficient (Wildman–Crippen LogP) is 2.46. The fourth-order valence-corrected chi connectivity index (χ4v) is 1.47. The summed E-state index contributed by atoms with van der Waals surface area (Å²) < 4.78 is 12.7. The van der Waals surface area contributed by atoms with Gasteiger partial charge in [-0.2, -0.15) is 0 Å². The molecular weight excluding hydrogens is 207 g/mol. The Bertz CT molecular complexity index is 495. The largest absolute Gasteiger partial charge is 0.295 e. The molecule has 2 nitrogen and oxygen atoms in total. The van der Waals surface area contributed by atoms with E-state index in [9.17, 15) is 14.0 Å². The molecule has 16 heavy (non-hydrogen) atoms. The summed E-state index contributed by atoms with van der Waals surface area (Å²) in [4.78, 5) is 22.8. The molecule has 0 atom stereocenters. The van der Waals surface area contributed by atoms with E-state index in [0.717, 1.165) is 0 Å². The van der Waals surface area contributed by atoms with Gasteiger partial charge in [0.2, 0.25) is 0 Å². The molecule has 0 spiro atoms. The van der Waals surface area contributed by atoms with Crippen molar-refractivity contribution in [3.05, 3.63) is 59.4 Å². The highest BCUT2D eigenvalue weighted by Gasteiger charge is 2.13. The molecule has 1 aliphatic rings. The lowest BCUT2D eigenvalue weighted by atomic mass is 9.98. The second-order valence-corrected chi connectivity index (χ2v) is 3.50. The zero-order chi connectivity index (χ0) is 11.5. The van der Waals surface area contributed by atoms with Crippen molar-refractivity contribution < 1.29 is 14.0 Å². The first-order chi connectivity index (χ1) is 7.66. The Morgan fingerprint density at radius 3 is 2.38 bits per heavy atom. The average Bonchev–Trinajstić information content (AvgIpc) is 2.30. The van der Waals surface area contributed by atoms with Crippen molar-refractivity contribution in [3.63, 3.8) is 0 Å². The van der Waals surface area contributed by atoms with E-state index in [4.69, 9.17) is 0 Å². The Hall–Kier alpha value is -2.03. The quantitative estimate of drug-likeness (QED) is 0.711. The molecule has 0 bridgehead atoms. The summed E-state index contributed by atoms with van der Waals surface area (Å²) in [5.41, 5.74) is 0.901. The van der Waals surface area contributed by atoms with Gasteiger partial charge in [0.1, 0.15) is 5.82 Å². The van der Waals surface area contributed by atoms with Gasteiger partial charge in [0.15, 0.2) is 11.6 Å². The molecule has 1 aromatic carbocycles. The molecule has 0 amide bonds. The van der Waals surface area contributed by atoms with Crippen LogP contribution in [0.15, 0.2) is 48.1 Å². The Kier molecular flexibility index (Phi) is 2.77. The van der Waals surface area contributed by atoms with Crippen LogP contribution in [-0.4, -0.2) is 11.6 Å². The molecule has 0 unspecified atom stereocenters. The molecule has 1 aliphatic carbocycles. The third-order valence-electron chi connectivity index (χ3n) is 2.34. The maximum Gasteiger partial charge on any atom is 0.192 e. The first-order valence-corrected chi connectivity index (χ1v) is 4.88. The number of rotatable bonds is 2. The van der Waals surface area contributed by atoms with Gasteiger partial charge in [0.05, 0.1) is 0 Å². The highest BCUT2D eigenvalue weighted by Crippen LogP contribution is 2.14. The SMILES string of the molecule is O=C1C=CC(C(=O)c2ccc(F)cc2)=CC1. The van der Waals surface area contributed by atoms with E-state index in [-0.39, 0.29) is 23.8 Å². The molecule has 0 radical (unpaired) electrons. The third-order valence-corrected chi connectivity index (χ3v) is 2.34. The van der Waals surface area contributed by atoms with Crippen molar-refractivity contribution in [1.82, 2.24) is 0 Å². The zero-order valence-corrected chi connectivity index (χ0v) is 8.44. The molecule has 0 saturated carbocycles. The summed E-state index contributed by atoms with van der Waals surface area (Å²) in [5.74, 6) is -0.584. The summed E-state index contributed by atoms with van der Waals surface area (Å²) >= 11 is 0. The topological polar surface area (TPSA) is 34.1 Å². The van der Waals surface area contributed by atoms with Crippen molar-refractivity contribution in [2.45, 2.75) is 6.42 Å². The van der Waals surface area contributed by atoms with E-state index in [0.29, 0.717) is 11.1 Å². The van der Waals surface area contributed by atoms with Crippen molar-refractivity contribution in [2.75, 3.05) is 0 Å². The van der Waals surface area contributed by atoms with Crippen LogP contribution in [0.3, 0.4) is 0 Å². The van der Waals surface area contributed by atoms with Crippen LogP contribution in [-0.2, 0) is 4.79 Å². The molecule has 0 N–H and O–H groups in total. The van der Waals surface area contributed by atoms with Crippen LogP contribution in [0.25, 0.3) is 0 Å². The number of halogens is 1. The minimum Gasteiger partial charge on any atom is -0.295 e. The van der Waals surface area contributed by atoms with Gasteiger partial charge in [0.25, 0.3) is 0 Å². The van der Waals surface area contributed by atoms with E-state index >= 15 is 0 Å². The highest BCUT2D eigenvalue weighted by molar-refractivity contribution is 6.12. The molecular formula is C13H9FO2. The first kappa shape index (κ1) is 10.5. The van der Waals surface area contributed by atoms with Crippen LogP contribution < -0.4 is 0 Å². The predicted molar refractivity (Wildman–Crippen MR) is 57.6 cm³/mol. The van der Waals surface area contributed by atoms with E-state index < -0.39 is 0 Å². The Morgan fingerprint density at radius 1 is 1.12 bits per heavy atom. The lowest BCUT2D eigenvalue weighted by Gasteiger charge is -2.05. The van der Waals surface area contributed by atoms with Gasteiger partial charge in [-0.25, -0.2) is 4.39 Å². The van der Waals surface area contributed by atoms with Gasteiger partial charge in [-0.1, -0.05) is 6.08 Å².